The number of rotatable bonds is 13. The average molecular weight is 675 g/mol. The van der Waals surface area contributed by atoms with E-state index in [1.165, 1.54) is 17.0 Å². The zero-order chi connectivity index (χ0) is 35.1. The first-order valence-electron chi connectivity index (χ1n) is 16.3. The van der Waals surface area contributed by atoms with Crippen molar-refractivity contribution in [3.63, 3.8) is 0 Å². The van der Waals surface area contributed by atoms with E-state index in [9.17, 15) is 32.4 Å². The lowest BCUT2D eigenvalue weighted by Gasteiger charge is -2.39. The molecule has 2 saturated carbocycles. The molecule has 1 aliphatic heterocycles. The predicted octanol–water partition coefficient (Wildman–Crippen LogP) is 1.53. The van der Waals surface area contributed by atoms with Gasteiger partial charge in [-0.15, -0.1) is 0 Å². The van der Waals surface area contributed by atoms with Crippen LogP contribution in [0.1, 0.15) is 67.7 Å². The van der Waals surface area contributed by atoms with E-state index in [2.05, 4.69) is 20.7 Å². The van der Waals surface area contributed by atoms with Crippen LogP contribution in [0.2, 0.25) is 0 Å². The van der Waals surface area contributed by atoms with Crippen LogP contribution in [0, 0.1) is 34.5 Å². The lowest BCUT2D eigenvalue weighted by atomic mass is 9.78. The minimum atomic E-state index is -3.81. The summed E-state index contributed by atoms with van der Waals surface area (Å²) in [6.45, 7) is 13.4. The van der Waals surface area contributed by atoms with Crippen LogP contribution >= 0.6 is 0 Å². The summed E-state index contributed by atoms with van der Waals surface area (Å²) in [7, 11) is -3.81. The summed E-state index contributed by atoms with van der Waals surface area (Å²) >= 11 is 0. The van der Waals surface area contributed by atoms with E-state index in [1.54, 1.807) is 39.0 Å². The number of carbonyl (C=O) groups excluding carboxylic acids is 5. The zero-order valence-corrected chi connectivity index (χ0v) is 29.1. The number of primary amides is 1. The fourth-order valence-corrected chi connectivity index (χ4v) is 7.95. The van der Waals surface area contributed by atoms with Crippen molar-refractivity contribution in [2.75, 3.05) is 13.1 Å². The summed E-state index contributed by atoms with van der Waals surface area (Å²) in [5, 5.41) is 8.40. The number of nitrogens with two attached hydrogens (primary N) is 1. The molecule has 1 aromatic rings. The maximum Gasteiger partial charge on any atom is 0.315 e. The number of fused-ring (bicyclic) bond motifs is 1. The van der Waals surface area contributed by atoms with E-state index in [1.807, 2.05) is 27.7 Å². The number of ketones is 1. The highest BCUT2D eigenvalue weighted by atomic mass is 32.2. The summed E-state index contributed by atoms with van der Waals surface area (Å²) in [5.41, 5.74) is 4.33. The Morgan fingerprint density at radius 1 is 1.00 bits per heavy atom. The standard InChI is InChI=1S/C33H50N6O7S/c1-18(2)22(16-35-47(45,46)20-14-9-8-10-15-20)36-31(44)38-27(32(3,4)5)30(43)39-17-21-23(33(21,6)7)25(39)29(42)37-24(19-12-11-13-19)26(40)28(34)41/h8-10,14-15,18-19,21-25,27,35H,11-13,16-17H2,1-7H3,(H2,34,41)(H,37,42)(H2,36,38,44)/t21-,22+,23-,24?,25-,27+/m0/s1. The summed E-state index contributed by atoms with van der Waals surface area (Å²) in [4.78, 5) is 67.6. The Balaban J connectivity index is 1.49. The van der Waals surface area contributed by atoms with Crippen LogP contribution in [0.4, 0.5) is 4.79 Å². The molecular weight excluding hydrogens is 624 g/mol. The minimum absolute atomic E-state index is 0.0496. The minimum Gasteiger partial charge on any atom is -0.363 e. The van der Waals surface area contributed by atoms with Gasteiger partial charge in [-0.25, -0.2) is 17.9 Å². The van der Waals surface area contributed by atoms with Crippen LogP contribution in [-0.2, 0) is 29.2 Å². The summed E-state index contributed by atoms with van der Waals surface area (Å²) in [6.07, 6.45) is 2.25. The van der Waals surface area contributed by atoms with Crippen LogP contribution < -0.4 is 26.4 Å². The summed E-state index contributed by atoms with van der Waals surface area (Å²) in [6, 6.07) is 3.69. The third-order valence-electron chi connectivity index (χ3n) is 10.3. The highest BCUT2D eigenvalue weighted by molar-refractivity contribution is 7.89. The van der Waals surface area contributed by atoms with E-state index in [0.717, 1.165) is 6.42 Å². The Labute approximate surface area is 277 Å². The van der Waals surface area contributed by atoms with Gasteiger partial charge in [0.2, 0.25) is 27.6 Å². The van der Waals surface area contributed by atoms with E-state index in [4.69, 9.17) is 5.73 Å². The van der Waals surface area contributed by atoms with Gasteiger partial charge in [0.25, 0.3) is 5.91 Å². The molecule has 1 unspecified atom stereocenters. The Morgan fingerprint density at radius 2 is 1.62 bits per heavy atom. The van der Waals surface area contributed by atoms with Crippen LogP contribution in [0.25, 0.3) is 0 Å². The second kappa shape index (κ2) is 13.5. The second-order valence-electron chi connectivity index (χ2n) is 15.2. The number of hydrogen-bond acceptors (Lipinski definition) is 7. The number of Topliss-reactive ketones (excluding diaryl/α,β-unsaturated/α-hetero) is 1. The first-order chi connectivity index (χ1) is 21.8. The molecule has 1 heterocycles. The lowest BCUT2D eigenvalue weighted by Crippen LogP contribution is -2.62. The maximum absolute atomic E-state index is 14.3. The molecule has 0 aromatic heterocycles. The molecule has 6 N–H and O–H groups in total. The van der Waals surface area contributed by atoms with Gasteiger partial charge in [-0.05, 0) is 59.5 Å². The van der Waals surface area contributed by atoms with Gasteiger partial charge < -0.3 is 26.6 Å². The van der Waals surface area contributed by atoms with Gasteiger partial charge in [-0.3, -0.25) is 19.2 Å². The number of nitrogens with one attached hydrogen (secondary N) is 4. The molecule has 2 aliphatic carbocycles. The van der Waals surface area contributed by atoms with Gasteiger partial charge in [0.1, 0.15) is 18.1 Å². The van der Waals surface area contributed by atoms with Gasteiger partial charge >= 0.3 is 6.03 Å². The van der Waals surface area contributed by atoms with Crippen molar-refractivity contribution in [1.29, 1.82) is 0 Å². The number of benzene rings is 1. The van der Waals surface area contributed by atoms with Gasteiger partial charge in [-0.2, -0.15) is 0 Å². The van der Waals surface area contributed by atoms with Crippen molar-refractivity contribution in [2.45, 2.75) is 96.8 Å². The van der Waals surface area contributed by atoms with Gasteiger partial charge in [0.05, 0.1) is 4.90 Å². The summed E-state index contributed by atoms with van der Waals surface area (Å²) < 4.78 is 28.1. The van der Waals surface area contributed by atoms with Crippen molar-refractivity contribution in [2.24, 2.45) is 40.2 Å². The van der Waals surface area contributed by atoms with E-state index in [-0.39, 0.29) is 40.5 Å². The first-order valence-corrected chi connectivity index (χ1v) is 17.8. The Bertz CT molecular complexity index is 1490. The van der Waals surface area contributed by atoms with Gasteiger partial charge in [-0.1, -0.05) is 73.1 Å². The molecule has 47 heavy (non-hydrogen) atoms. The number of nitrogens with zero attached hydrogens (tertiary/aromatic N) is 1. The van der Waals surface area contributed by atoms with E-state index in [0.29, 0.717) is 19.4 Å². The van der Waals surface area contributed by atoms with Gasteiger partial charge in [0, 0.05) is 19.1 Å². The quantitative estimate of drug-likeness (QED) is 0.196. The molecule has 13 nitrogen and oxygen atoms in total. The highest BCUT2D eigenvalue weighted by Crippen LogP contribution is 2.65. The topological polar surface area (TPSA) is 197 Å². The van der Waals surface area contributed by atoms with E-state index >= 15 is 0 Å². The van der Waals surface area contributed by atoms with Crippen LogP contribution in [0.3, 0.4) is 0 Å². The highest BCUT2D eigenvalue weighted by Gasteiger charge is 2.70. The number of urea groups is 1. The number of amides is 5. The molecule has 1 aromatic carbocycles. The Morgan fingerprint density at radius 3 is 2.13 bits per heavy atom. The smallest absolute Gasteiger partial charge is 0.315 e. The fourth-order valence-electron chi connectivity index (χ4n) is 6.87. The zero-order valence-electron chi connectivity index (χ0n) is 28.3. The number of hydrogen-bond donors (Lipinski definition) is 5. The molecule has 6 atom stereocenters. The SMILES string of the molecule is CC(C)[C@@H](CNS(=O)(=O)c1ccccc1)NC(=O)N[C@H](C(=O)N1C[C@H]2[C@@H]([C@H]1C(=O)NC(C(=O)C(N)=O)C1CCC1)C2(C)C)C(C)(C)C. The molecule has 5 amide bonds. The Kier molecular flexibility index (Phi) is 10.5. The third-order valence-corrected chi connectivity index (χ3v) is 11.7. The van der Waals surface area contributed by atoms with Crippen molar-refractivity contribution in [3.8, 4) is 0 Å². The monoisotopic (exact) mass is 674 g/mol. The van der Waals surface area contributed by atoms with Crippen LogP contribution in [0.15, 0.2) is 35.2 Å². The molecule has 3 aliphatic rings. The average Bonchev–Trinajstić information content (AvgIpc) is 3.26. The lowest BCUT2D eigenvalue weighted by molar-refractivity contribution is -0.145. The number of sulfonamides is 1. The number of carbonyl (C=O) groups is 5. The van der Waals surface area contributed by atoms with Crippen molar-refractivity contribution in [3.05, 3.63) is 30.3 Å². The number of piperidine rings is 1. The molecule has 1 saturated heterocycles. The largest absolute Gasteiger partial charge is 0.363 e. The van der Waals surface area contributed by atoms with Crippen LogP contribution in [-0.4, -0.2) is 80.1 Å². The molecule has 14 heteroatoms. The predicted molar refractivity (Wildman–Crippen MR) is 175 cm³/mol. The first kappa shape index (κ1) is 36.3. The van der Waals surface area contributed by atoms with Gasteiger partial charge in [0.15, 0.2) is 0 Å². The number of likely N-dealkylation sites (tertiary alicyclic amines) is 1. The van der Waals surface area contributed by atoms with Crippen molar-refractivity contribution >= 4 is 39.6 Å². The molecule has 260 valence electrons. The van der Waals surface area contributed by atoms with E-state index < -0.39 is 69.1 Å². The van der Waals surface area contributed by atoms with Crippen molar-refractivity contribution in [1.82, 2.24) is 25.6 Å². The molecule has 0 spiro atoms. The molecule has 0 bridgehead atoms. The molecule has 0 radical (unpaired) electrons. The Hall–Kier alpha value is -3.52. The van der Waals surface area contributed by atoms with Crippen molar-refractivity contribution < 1.29 is 32.4 Å². The third kappa shape index (κ3) is 7.80. The fraction of sp³-hybridized carbons (Fsp3) is 0.667. The molecule has 4 rings (SSSR count). The maximum atomic E-state index is 14.3. The van der Waals surface area contributed by atoms with Crippen LogP contribution in [0.5, 0.6) is 0 Å². The second-order valence-corrected chi connectivity index (χ2v) is 17.0. The summed E-state index contributed by atoms with van der Waals surface area (Å²) in [5.74, 6) is -3.36. The normalized spacial score (nSPS) is 23.9. The molecule has 3 fully saturated rings. The molecular formula is C33H50N6O7S.